The molecule has 1 saturated heterocycles. The summed E-state index contributed by atoms with van der Waals surface area (Å²) in [4.78, 5) is 62.8. The highest BCUT2D eigenvalue weighted by Crippen LogP contribution is 2.66. The lowest BCUT2D eigenvalue weighted by Crippen LogP contribution is -2.76. The van der Waals surface area contributed by atoms with E-state index in [0.717, 1.165) is 0 Å². The normalized spacial score (nSPS) is 41.1. The van der Waals surface area contributed by atoms with Crippen LogP contribution in [0, 0.1) is 16.7 Å². The molecule has 13 heteroatoms. The van der Waals surface area contributed by atoms with Crippen molar-refractivity contribution < 1.29 is 62.6 Å². The van der Waals surface area contributed by atoms with Crippen molar-refractivity contribution in [1.82, 2.24) is 0 Å². The van der Waals surface area contributed by atoms with Gasteiger partial charge in [0.15, 0.2) is 17.8 Å². The third kappa shape index (κ3) is 4.93. The first-order valence-corrected chi connectivity index (χ1v) is 14.4. The number of aliphatic hydroxyl groups is 2. The van der Waals surface area contributed by atoms with Crippen LogP contribution in [-0.2, 0) is 52.4 Å². The smallest absolute Gasteiger partial charge is 0.303 e. The minimum atomic E-state index is -1.91. The van der Waals surface area contributed by atoms with Crippen LogP contribution in [0.3, 0.4) is 0 Å². The Kier molecular flexibility index (Phi) is 8.29. The minimum Gasteiger partial charge on any atom is -0.462 e. The van der Waals surface area contributed by atoms with E-state index in [-0.39, 0.29) is 19.4 Å². The molecule has 6 unspecified atom stereocenters. The van der Waals surface area contributed by atoms with E-state index in [0.29, 0.717) is 11.1 Å². The molecule has 240 valence electrons. The number of hydrogen-bond donors (Lipinski definition) is 2. The van der Waals surface area contributed by atoms with Crippen LogP contribution in [0.2, 0.25) is 0 Å². The predicted octanol–water partition coefficient (Wildman–Crippen LogP) is 1.29. The lowest BCUT2D eigenvalue weighted by atomic mass is 9.45. The molecule has 0 radical (unpaired) electrons. The summed E-state index contributed by atoms with van der Waals surface area (Å²) in [6.07, 6.45) is -8.11. The molecule has 0 aromatic carbocycles. The molecule has 0 aromatic rings. The molecular weight excluding hydrogens is 568 g/mol. The number of rotatable bonds is 5. The molecule has 2 saturated carbocycles. The standard InChI is InChI=1S/C30H42O13/c1-13-19(39-14(2)31)11-30(37)26-24-28(9,25(42-17(5)34)23(41-16(4)33)22(13)27(30,7)8)21(40-15(3)32)10-20(36)29(24,12-38-26)43-18(6)35/h19-21,23-26,36-37H,10-12H2,1-9H3/t19?,20?,21?,23?,24-,25?,26?,28+,29-,30+/m0/s1. The van der Waals surface area contributed by atoms with Crippen LogP contribution >= 0.6 is 0 Å². The van der Waals surface area contributed by atoms with Crippen molar-refractivity contribution >= 4 is 29.8 Å². The average Bonchev–Trinajstić information content (AvgIpc) is 3.24. The van der Waals surface area contributed by atoms with Crippen molar-refractivity contribution in [3.63, 3.8) is 0 Å². The van der Waals surface area contributed by atoms with Gasteiger partial charge in [0.1, 0.15) is 23.9 Å². The highest BCUT2D eigenvalue weighted by Gasteiger charge is 2.79. The van der Waals surface area contributed by atoms with Crippen LogP contribution in [0.4, 0.5) is 0 Å². The summed E-state index contributed by atoms with van der Waals surface area (Å²) < 4.78 is 35.6. The van der Waals surface area contributed by atoms with Crippen molar-refractivity contribution in [2.75, 3.05) is 6.61 Å². The van der Waals surface area contributed by atoms with E-state index in [9.17, 15) is 34.2 Å². The molecule has 3 aliphatic carbocycles. The minimum absolute atomic E-state index is 0.165. The number of esters is 5. The molecule has 10 atom stereocenters. The molecule has 0 spiro atoms. The number of carbonyl (C=O) groups is 5. The SMILES string of the molecule is CC(=O)OC1C[C@@]2(O)C3OC[C@]4(OC(C)=O)C(O)CC(OC(C)=O)[C@@](C)(C(OC(C)=O)C(OC(C)=O)C(=C1C)C2(C)C)[C@H]34. The maximum absolute atomic E-state index is 12.9. The van der Waals surface area contributed by atoms with E-state index >= 15 is 0 Å². The Bertz CT molecular complexity index is 1250. The van der Waals surface area contributed by atoms with E-state index in [2.05, 4.69) is 0 Å². The first kappa shape index (κ1) is 32.9. The zero-order chi connectivity index (χ0) is 32.4. The second-order valence-electron chi connectivity index (χ2n) is 13.0. The molecule has 3 fully saturated rings. The molecule has 4 aliphatic rings. The van der Waals surface area contributed by atoms with Gasteiger partial charge < -0.3 is 38.6 Å². The van der Waals surface area contributed by atoms with Gasteiger partial charge in [-0.1, -0.05) is 20.8 Å². The number of aliphatic hydroxyl groups excluding tert-OH is 1. The molecule has 4 rings (SSSR count). The third-order valence-electron chi connectivity index (χ3n) is 10.0. The van der Waals surface area contributed by atoms with Gasteiger partial charge in [0.25, 0.3) is 0 Å². The van der Waals surface area contributed by atoms with Crippen molar-refractivity contribution in [1.29, 1.82) is 0 Å². The second-order valence-corrected chi connectivity index (χ2v) is 13.0. The van der Waals surface area contributed by atoms with Gasteiger partial charge in [0, 0.05) is 58.8 Å². The molecule has 13 nitrogen and oxygen atoms in total. The average molecular weight is 611 g/mol. The van der Waals surface area contributed by atoms with E-state index in [1.165, 1.54) is 34.6 Å². The summed E-state index contributed by atoms with van der Waals surface area (Å²) in [6, 6.07) is 0. The topological polar surface area (TPSA) is 181 Å². The summed E-state index contributed by atoms with van der Waals surface area (Å²) in [5.41, 5.74) is -5.79. The van der Waals surface area contributed by atoms with Gasteiger partial charge in [-0.3, -0.25) is 24.0 Å². The molecule has 0 amide bonds. The van der Waals surface area contributed by atoms with Crippen molar-refractivity contribution in [2.45, 2.75) is 123 Å². The van der Waals surface area contributed by atoms with Crippen molar-refractivity contribution in [3.05, 3.63) is 11.1 Å². The van der Waals surface area contributed by atoms with Crippen LogP contribution in [0.15, 0.2) is 11.1 Å². The predicted molar refractivity (Wildman–Crippen MR) is 145 cm³/mol. The second kappa shape index (κ2) is 10.8. The lowest BCUT2D eigenvalue weighted by Gasteiger charge is -2.64. The van der Waals surface area contributed by atoms with Gasteiger partial charge in [0.2, 0.25) is 0 Å². The Morgan fingerprint density at radius 1 is 0.837 bits per heavy atom. The number of hydrogen-bond acceptors (Lipinski definition) is 13. The van der Waals surface area contributed by atoms with Gasteiger partial charge in [-0.25, -0.2) is 0 Å². The quantitative estimate of drug-likeness (QED) is 0.258. The van der Waals surface area contributed by atoms with Gasteiger partial charge in [0.05, 0.1) is 18.1 Å². The number of fused-ring (bicyclic) bond motifs is 3. The van der Waals surface area contributed by atoms with E-state index in [1.807, 2.05) is 0 Å². The Morgan fingerprint density at radius 3 is 1.91 bits per heavy atom. The van der Waals surface area contributed by atoms with Gasteiger partial charge in [-0.05, 0) is 18.1 Å². The molecular formula is C30H42O13. The fraction of sp³-hybridized carbons (Fsp3) is 0.767. The Morgan fingerprint density at radius 2 is 1.40 bits per heavy atom. The third-order valence-corrected chi connectivity index (χ3v) is 10.0. The largest absolute Gasteiger partial charge is 0.462 e. The van der Waals surface area contributed by atoms with Crippen LogP contribution in [-0.4, -0.2) is 94.5 Å². The van der Waals surface area contributed by atoms with Crippen molar-refractivity contribution in [2.24, 2.45) is 16.7 Å². The Labute approximate surface area is 250 Å². The van der Waals surface area contributed by atoms with Gasteiger partial charge >= 0.3 is 29.8 Å². The zero-order valence-corrected chi connectivity index (χ0v) is 26.0. The first-order chi connectivity index (χ1) is 19.7. The summed E-state index contributed by atoms with van der Waals surface area (Å²) in [7, 11) is 0. The highest BCUT2D eigenvalue weighted by molar-refractivity contribution is 5.70. The molecule has 43 heavy (non-hydrogen) atoms. The van der Waals surface area contributed by atoms with E-state index in [1.54, 1.807) is 27.7 Å². The summed E-state index contributed by atoms with van der Waals surface area (Å²) in [5.74, 6) is -4.77. The van der Waals surface area contributed by atoms with Crippen molar-refractivity contribution in [3.8, 4) is 0 Å². The maximum Gasteiger partial charge on any atom is 0.303 e. The van der Waals surface area contributed by atoms with Crippen LogP contribution < -0.4 is 0 Å². The fourth-order valence-corrected chi connectivity index (χ4v) is 8.37. The summed E-state index contributed by atoms with van der Waals surface area (Å²) in [5, 5.41) is 24.5. The molecule has 2 N–H and O–H groups in total. The lowest BCUT2D eigenvalue weighted by molar-refractivity contribution is -0.280. The van der Waals surface area contributed by atoms with Crippen LogP contribution in [0.1, 0.15) is 75.2 Å². The summed E-state index contributed by atoms with van der Waals surface area (Å²) >= 11 is 0. The first-order valence-electron chi connectivity index (χ1n) is 14.4. The number of carbonyl (C=O) groups excluding carboxylic acids is 5. The zero-order valence-electron chi connectivity index (χ0n) is 26.0. The molecule has 2 bridgehead atoms. The van der Waals surface area contributed by atoms with E-state index < -0.39 is 94.4 Å². The Balaban J connectivity index is 2.17. The molecule has 1 aliphatic heterocycles. The monoisotopic (exact) mass is 610 g/mol. The number of ether oxygens (including phenoxy) is 6. The Hall–Kier alpha value is -3.03. The van der Waals surface area contributed by atoms with E-state index in [4.69, 9.17) is 28.4 Å². The van der Waals surface area contributed by atoms with Crippen LogP contribution in [0.25, 0.3) is 0 Å². The fourth-order valence-electron chi connectivity index (χ4n) is 8.37. The van der Waals surface area contributed by atoms with Gasteiger partial charge in [-0.15, -0.1) is 0 Å². The van der Waals surface area contributed by atoms with Crippen LogP contribution in [0.5, 0.6) is 0 Å². The van der Waals surface area contributed by atoms with Gasteiger partial charge in [-0.2, -0.15) is 0 Å². The molecule has 1 heterocycles. The molecule has 0 aromatic heterocycles. The highest BCUT2D eigenvalue weighted by atomic mass is 16.6. The summed E-state index contributed by atoms with van der Waals surface area (Å²) in [6.45, 7) is 12.3. The maximum atomic E-state index is 12.9.